The van der Waals surface area contributed by atoms with E-state index in [1.807, 2.05) is 0 Å². The van der Waals surface area contributed by atoms with Gasteiger partial charge in [0.2, 0.25) is 0 Å². The third kappa shape index (κ3) is 3.58. The molecule has 0 aliphatic carbocycles. The number of aryl methyl sites for hydroxylation is 1. The van der Waals surface area contributed by atoms with Crippen LogP contribution in [0.3, 0.4) is 0 Å². The van der Waals surface area contributed by atoms with Crippen molar-refractivity contribution in [3.05, 3.63) is 57.0 Å². The summed E-state index contributed by atoms with van der Waals surface area (Å²) in [4.78, 5) is 0.00403. The molecular formula is C13H10Cl3NO2S. The quantitative estimate of drug-likeness (QED) is 0.867. The van der Waals surface area contributed by atoms with Gasteiger partial charge < -0.3 is 0 Å². The summed E-state index contributed by atoms with van der Waals surface area (Å²) in [7, 11) is -3.76. The Morgan fingerprint density at radius 2 is 1.50 bits per heavy atom. The van der Waals surface area contributed by atoms with Crippen LogP contribution in [0, 0.1) is 6.92 Å². The summed E-state index contributed by atoms with van der Waals surface area (Å²) in [6, 6.07) is 9.01. The average molecular weight is 351 g/mol. The molecule has 0 atom stereocenters. The smallest absolute Gasteiger partial charge is 0.262 e. The zero-order chi connectivity index (χ0) is 14.9. The molecule has 0 aromatic heterocycles. The van der Waals surface area contributed by atoms with E-state index in [9.17, 15) is 8.42 Å². The van der Waals surface area contributed by atoms with Crippen molar-refractivity contribution in [1.29, 1.82) is 0 Å². The van der Waals surface area contributed by atoms with Gasteiger partial charge in [-0.25, -0.2) is 8.42 Å². The van der Waals surface area contributed by atoms with E-state index in [1.165, 1.54) is 18.2 Å². The summed E-state index contributed by atoms with van der Waals surface area (Å²) >= 11 is 17.5. The molecule has 0 bridgehead atoms. The van der Waals surface area contributed by atoms with E-state index >= 15 is 0 Å². The highest BCUT2D eigenvalue weighted by Crippen LogP contribution is 2.26. The number of anilines is 1. The number of hydrogen-bond acceptors (Lipinski definition) is 2. The van der Waals surface area contributed by atoms with Crippen molar-refractivity contribution in [3.8, 4) is 0 Å². The third-order valence-electron chi connectivity index (χ3n) is 2.58. The Hall–Kier alpha value is -0.940. The van der Waals surface area contributed by atoms with Crippen molar-refractivity contribution in [1.82, 2.24) is 0 Å². The Labute approximate surface area is 132 Å². The van der Waals surface area contributed by atoms with Crippen LogP contribution >= 0.6 is 34.8 Å². The standard InChI is InChI=1S/C13H10Cl3NO2S/c1-8-4-9(14)2-3-13(8)17-20(18,19)12-6-10(15)5-11(16)7-12/h2-7,17H,1H3. The Balaban J connectivity index is 2.40. The van der Waals surface area contributed by atoms with Crippen LogP contribution in [-0.2, 0) is 10.0 Å². The van der Waals surface area contributed by atoms with Crippen LogP contribution in [0.2, 0.25) is 15.1 Å². The molecule has 20 heavy (non-hydrogen) atoms. The fraction of sp³-hybridized carbons (Fsp3) is 0.0769. The van der Waals surface area contributed by atoms with Gasteiger partial charge in [0.05, 0.1) is 10.6 Å². The van der Waals surface area contributed by atoms with Gasteiger partial charge in [-0.1, -0.05) is 34.8 Å². The lowest BCUT2D eigenvalue weighted by atomic mass is 10.2. The number of hydrogen-bond donors (Lipinski definition) is 1. The summed E-state index contributed by atoms with van der Waals surface area (Å²) in [6.45, 7) is 1.76. The maximum Gasteiger partial charge on any atom is 0.262 e. The van der Waals surface area contributed by atoms with E-state index in [-0.39, 0.29) is 14.9 Å². The molecule has 0 heterocycles. The second-order valence-corrected chi connectivity index (χ2v) is 7.16. The molecule has 0 aliphatic heterocycles. The largest absolute Gasteiger partial charge is 0.279 e. The molecule has 2 aromatic rings. The fourth-order valence-electron chi connectivity index (χ4n) is 1.63. The van der Waals surface area contributed by atoms with Crippen LogP contribution in [0.25, 0.3) is 0 Å². The van der Waals surface area contributed by atoms with Gasteiger partial charge in [-0.2, -0.15) is 0 Å². The van der Waals surface area contributed by atoms with Crippen LogP contribution in [0.5, 0.6) is 0 Å². The topological polar surface area (TPSA) is 46.2 Å². The number of benzene rings is 2. The predicted molar refractivity (Wildman–Crippen MR) is 83.5 cm³/mol. The zero-order valence-corrected chi connectivity index (χ0v) is 13.4. The second kappa shape index (κ2) is 5.82. The molecule has 2 aromatic carbocycles. The van der Waals surface area contributed by atoms with Crippen LogP contribution in [0.4, 0.5) is 5.69 Å². The SMILES string of the molecule is Cc1cc(Cl)ccc1NS(=O)(=O)c1cc(Cl)cc(Cl)c1. The maximum absolute atomic E-state index is 12.3. The first-order valence-electron chi connectivity index (χ1n) is 5.53. The normalized spacial score (nSPS) is 11.4. The zero-order valence-electron chi connectivity index (χ0n) is 10.3. The van der Waals surface area contributed by atoms with Crippen molar-refractivity contribution < 1.29 is 8.42 Å². The average Bonchev–Trinajstić information content (AvgIpc) is 2.31. The molecule has 0 spiro atoms. The van der Waals surface area contributed by atoms with E-state index < -0.39 is 10.0 Å². The van der Waals surface area contributed by atoms with Gasteiger partial charge in [0.15, 0.2) is 0 Å². The van der Waals surface area contributed by atoms with Crippen molar-refractivity contribution in [2.24, 2.45) is 0 Å². The first-order chi connectivity index (χ1) is 9.28. The van der Waals surface area contributed by atoms with Gasteiger partial charge in [0.1, 0.15) is 0 Å². The van der Waals surface area contributed by atoms with E-state index in [1.54, 1.807) is 25.1 Å². The van der Waals surface area contributed by atoms with Crippen molar-refractivity contribution >= 4 is 50.5 Å². The van der Waals surface area contributed by atoms with Crippen LogP contribution in [0.1, 0.15) is 5.56 Å². The highest BCUT2D eigenvalue weighted by Gasteiger charge is 2.16. The van der Waals surface area contributed by atoms with Crippen LogP contribution < -0.4 is 4.72 Å². The number of halogens is 3. The molecule has 0 radical (unpaired) electrons. The molecule has 3 nitrogen and oxygen atoms in total. The number of sulfonamides is 1. The second-order valence-electron chi connectivity index (χ2n) is 4.17. The maximum atomic E-state index is 12.3. The molecule has 0 aliphatic rings. The lowest BCUT2D eigenvalue weighted by Gasteiger charge is -2.11. The number of rotatable bonds is 3. The Morgan fingerprint density at radius 1 is 0.900 bits per heavy atom. The Bertz CT molecular complexity index is 740. The van der Waals surface area contributed by atoms with Gasteiger partial charge in [-0.05, 0) is 48.9 Å². The minimum atomic E-state index is -3.76. The predicted octanol–water partition coefficient (Wildman–Crippen LogP) is 4.76. The van der Waals surface area contributed by atoms with Gasteiger partial charge in [0.25, 0.3) is 10.0 Å². The summed E-state index contributed by atoms with van der Waals surface area (Å²) in [5.41, 5.74) is 1.17. The lowest BCUT2D eigenvalue weighted by molar-refractivity contribution is 0.601. The minimum Gasteiger partial charge on any atom is -0.279 e. The lowest BCUT2D eigenvalue weighted by Crippen LogP contribution is -2.13. The summed E-state index contributed by atoms with van der Waals surface area (Å²) in [5.74, 6) is 0. The summed E-state index contributed by atoms with van der Waals surface area (Å²) < 4.78 is 27.0. The van der Waals surface area contributed by atoms with Crippen molar-refractivity contribution in [2.75, 3.05) is 4.72 Å². The monoisotopic (exact) mass is 349 g/mol. The molecule has 0 saturated carbocycles. The van der Waals surface area contributed by atoms with E-state index in [4.69, 9.17) is 34.8 Å². The van der Waals surface area contributed by atoms with E-state index in [2.05, 4.69) is 4.72 Å². The molecule has 7 heteroatoms. The van der Waals surface area contributed by atoms with Crippen molar-refractivity contribution in [3.63, 3.8) is 0 Å². The highest BCUT2D eigenvalue weighted by atomic mass is 35.5. The Kier molecular flexibility index (Phi) is 4.49. The molecule has 106 valence electrons. The molecule has 0 saturated heterocycles. The van der Waals surface area contributed by atoms with Crippen LogP contribution in [0.15, 0.2) is 41.3 Å². The summed E-state index contributed by atoms with van der Waals surface area (Å²) in [6.07, 6.45) is 0. The third-order valence-corrected chi connectivity index (χ3v) is 4.60. The summed E-state index contributed by atoms with van der Waals surface area (Å²) in [5, 5.41) is 1.05. The molecule has 0 fully saturated rings. The molecular weight excluding hydrogens is 341 g/mol. The molecule has 2 rings (SSSR count). The van der Waals surface area contributed by atoms with E-state index in [0.29, 0.717) is 16.3 Å². The number of nitrogens with one attached hydrogen (secondary N) is 1. The van der Waals surface area contributed by atoms with E-state index in [0.717, 1.165) is 0 Å². The highest BCUT2D eigenvalue weighted by molar-refractivity contribution is 7.92. The van der Waals surface area contributed by atoms with Gasteiger partial charge in [-0.15, -0.1) is 0 Å². The first-order valence-corrected chi connectivity index (χ1v) is 8.15. The van der Waals surface area contributed by atoms with Gasteiger partial charge in [-0.3, -0.25) is 4.72 Å². The van der Waals surface area contributed by atoms with Crippen LogP contribution in [-0.4, -0.2) is 8.42 Å². The molecule has 0 unspecified atom stereocenters. The first kappa shape index (κ1) is 15.4. The van der Waals surface area contributed by atoms with Crippen molar-refractivity contribution in [2.45, 2.75) is 11.8 Å². The Morgan fingerprint density at radius 3 is 2.05 bits per heavy atom. The van der Waals surface area contributed by atoms with Gasteiger partial charge >= 0.3 is 0 Å². The minimum absolute atomic E-state index is 0.00403. The fourth-order valence-corrected chi connectivity index (χ4v) is 3.71. The molecule has 0 amide bonds. The van der Waals surface area contributed by atoms with Gasteiger partial charge in [0, 0.05) is 15.1 Å². The molecule has 1 N–H and O–H groups in total.